The van der Waals surface area contributed by atoms with Gasteiger partial charge < -0.3 is 14.5 Å². The highest BCUT2D eigenvalue weighted by Crippen LogP contribution is 2.29. The third kappa shape index (κ3) is 4.20. The maximum Gasteiger partial charge on any atom is 0.272 e. The molecule has 0 N–H and O–H groups in total. The number of piperazine rings is 1. The van der Waals surface area contributed by atoms with Crippen molar-refractivity contribution in [2.75, 3.05) is 38.2 Å². The minimum Gasteiger partial charge on any atom is -0.495 e. The molecule has 0 aliphatic carbocycles. The Morgan fingerprint density at radius 2 is 1.45 bits per heavy atom. The van der Waals surface area contributed by atoms with Crippen LogP contribution in [0.4, 0.5) is 5.69 Å². The summed E-state index contributed by atoms with van der Waals surface area (Å²) in [5.74, 6) is 0.847. The normalized spacial score (nSPS) is 13.7. The maximum absolute atomic E-state index is 13.6. The summed E-state index contributed by atoms with van der Waals surface area (Å²) in [6.45, 7) is 2.77. The second-order valence-corrected chi connectivity index (χ2v) is 7.98. The molecule has 33 heavy (non-hydrogen) atoms. The fraction of sp³-hybridized carbons (Fsp3) is 0.185. The molecule has 1 amide bonds. The largest absolute Gasteiger partial charge is 0.495 e. The van der Waals surface area contributed by atoms with Gasteiger partial charge in [0, 0.05) is 31.7 Å². The molecule has 5 rings (SSSR count). The van der Waals surface area contributed by atoms with Gasteiger partial charge in [-0.2, -0.15) is 5.10 Å². The standard InChI is InChI=1S/C27H26N4O2/c1-33-26-15-9-8-14-24(26)29-16-18-30(19-17-29)27(32)25-20-23(21-10-4-2-5-11-21)28-31(25)22-12-6-3-7-13-22/h2-15,20H,16-19H2,1H3. The first-order valence-corrected chi connectivity index (χ1v) is 11.1. The van der Waals surface area contributed by atoms with E-state index in [-0.39, 0.29) is 5.91 Å². The zero-order valence-electron chi connectivity index (χ0n) is 18.6. The van der Waals surface area contributed by atoms with Gasteiger partial charge in [0.25, 0.3) is 5.91 Å². The smallest absolute Gasteiger partial charge is 0.272 e. The monoisotopic (exact) mass is 438 g/mol. The first-order valence-electron chi connectivity index (χ1n) is 11.1. The van der Waals surface area contributed by atoms with E-state index in [1.54, 1.807) is 11.8 Å². The summed E-state index contributed by atoms with van der Waals surface area (Å²) in [7, 11) is 1.69. The van der Waals surface area contributed by atoms with E-state index < -0.39 is 0 Å². The molecule has 0 bridgehead atoms. The number of benzene rings is 3. The number of methoxy groups -OCH3 is 1. The summed E-state index contributed by atoms with van der Waals surface area (Å²) in [6, 6.07) is 29.7. The zero-order chi connectivity index (χ0) is 22.6. The van der Waals surface area contributed by atoms with Crippen molar-refractivity contribution < 1.29 is 9.53 Å². The number of amides is 1. The van der Waals surface area contributed by atoms with Crippen molar-refractivity contribution in [1.82, 2.24) is 14.7 Å². The van der Waals surface area contributed by atoms with Crippen molar-refractivity contribution in [3.8, 4) is 22.7 Å². The maximum atomic E-state index is 13.6. The van der Waals surface area contributed by atoms with Crippen LogP contribution in [-0.2, 0) is 0 Å². The van der Waals surface area contributed by atoms with Gasteiger partial charge in [-0.1, -0.05) is 60.7 Å². The Bertz CT molecular complexity index is 1230. The van der Waals surface area contributed by atoms with Crippen LogP contribution < -0.4 is 9.64 Å². The predicted octanol–water partition coefficient (Wildman–Crippen LogP) is 4.51. The van der Waals surface area contributed by atoms with E-state index in [9.17, 15) is 4.79 Å². The van der Waals surface area contributed by atoms with Gasteiger partial charge in [0.15, 0.2) is 0 Å². The number of anilines is 1. The topological polar surface area (TPSA) is 50.6 Å². The molecule has 1 fully saturated rings. The minimum absolute atomic E-state index is 0.00629. The van der Waals surface area contributed by atoms with E-state index >= 15 is 0 Å². The lowest BCUT2D eigenvalue weighted by molar-refractivity contribution is 0.0737. The van der Waals surface area contributed by atoms with E-state index in [2.05, 4.69) is 11.0 Å². The summed E-state index contributed by atoms with van der Waals surface area (Å²) in [5, 5.41) is 4.79. The summed E-state index contributed by atoms with van der Waals surface area (Å²) in [4.78, 5) is 17.8. The molecule has 0 unspecified atom stereocenters. The van der Waals surface area contributed by atoms with E-state index in [1.807, 2.05) is 89.8 Å². The number of carbonyl (C=O) groups is 1. The number of hydrogen-bond donors (Lipinski definition) is 0. The van der Waals surface area contributed by atoms with Gasteiger partial charge in [-0.25, -0.2) is 4.68 Å². The molecule has 6 heteroatoms. The molecule has 6 nitrogen and oxygen atoms in total. The van der Waals surface area contributed by atoms with Gasteiger partial charge in [-0.05, 0) is 30.3 Å². The number of rotatable bonds is 5. The van der Waals surface area contributed by atoms with E-state index in [0.717, 1.165) is 41.5 Å². The third-order valence-corrected chi connectivity index (χ3v) is 5.99. The molecule has 0 spiro atoms. The molecule has 1 aliphatic rings. The zero-order valence-corrected chi connectivity index (χ0v) is 18.6. The van der Waals surface area contributed by atoms with Crippen LogP contribution in [0.1, 0.15) is 10.5 Å². The van der Waals surface area contributed by atoms with Crippen molar-refractivity contribution in [2.45, 2.75) is 0 Å². The number of ether oxygens (including phenoxy) is 1. The summed E-state index contributed by atoms with van der Waals surface area (Å²) < 4.78 is 7.28. The lowest BCUT2D eigenvalue weighted by Gasteiger charge is -2.36. The van der Waals surface area contributed by atoms with E-state index in [4.69, 9.17) is 9.84 Å². The molecule has 1 saturated heterocycles. The first-order chi connectivity index (χ1) is 16.2. The van der Waals surface area contributed by atoms with Gasteiger partial charge >= 0.3 is 0 Å². The number of aromatic nitrogens is 2. The summed E-state index contributed by atoms with van der Waals surface area (Å²) >= 11 is 0. The highest BCUT2D eigenvalue weighted by atomic mass is 16.5. The molecule has 0 atom stereocenters. The Morgan fingerprint density at radius 1 is 0.818 bits per heavy atom. The molecular weight excluding hydrogens is 412 g/mol. The van der Waals surface area contributed by atoms with Crippen LogP contribution in [0.25, 0.3) is 16.9 Å². The van der Waals surface area contributed by atoms with E-state index in [1.165, 1.54) is 0 Å². The van der Waals surface area contributed by atoms with Crippen molar-refractivity contribution in [2.24, 2.45) is 0 Å². The minimum atomic E-state index is -0.00629. The lowest BCUT2D eigenvalue weighted by Crippen LogP contribution is -2.49. The molecular formula is C27H26N4O2. The Kier molecular flexibility index (Phi) is 5.81. The van der Waals surface area contributed by atoms with Crippen molar-refractivity contribution >= 4 is 11.6 Å². The van der Waals surface area contributed by atoms with Crippen molar-refractivity contribution in [3.63, 3.8) is 0 Å². The number of hydrogen-bond acceptors (Lipinski definition) is 4. The Balaban J connectivity index is 1.41. The van der Waals surface area contributed by atoms with Gasteiger partial charge in [-0.3, -0.25) is 4.79 Å². The van der Waals surface area contributed by atoms with Gasteiger partial charge in [-0.15, -0.1) is 0 Å². The molecule has 2 heterocycles. The predicted molar refractivity (Wildman–Crippen MR) is 130 cm³/mol. The fourth-order valence-electron chi connectivity index (χ4n) is 4.25. The van der Waals surface area contributed by atoms with Crippen LogP contribution in [0.5, 0.6) is 5.75 Å². The van der Waals surface area contributed by atoms with Gasteiger partial charge in [0.05, 0.1) is 24.2 Å². The van der Waals surface area contributed by atoms with Crippen molar-refractivity contribution in [1.29, 1.82) is 0 Å². The average Bonchev–Trinajstić information content (AvgIpc) is 3.35. The molecule has 3 aromatic carbocycles. The molecule has 4 aromatic rings. The van der Waals surface area contributed by atoms with Crippen LogP contribution in [0.2, 0.25) is 0 Å². The molecule has 0 radical (unpaired) electrons. The van der Waals surface area contributed by atoms with E-state index in [0.29, 0.717) is 18.8 Å². The summed E-state index contributed by atoms with van der Waals surface area (Å²) in [6.07, 6.45) is 0. The van der Waals surface area contributed by atoms with Gasteiger partial charge in [0.2, 0.25) is 0 Å². The van der Waals surface area contributed by atoms with Gasteiger partial charge in [0.1, 0.15) is 11.4 Å². The highest BCUT2D eigenvalue weighted by molar-refractivity contribution is 5.94. The number of para-hydroxylation sites is 3. The summed E-state index contributed by atoms with van der Waals surface area (Å²) in [5.41, 5.74) is 4.28. The second kappa shape index (κ2) is 9.20. The first kappa shape index (κ1) is 20.8. The average molecular weight is 439 g/mol. The fourth-order valence-corrected chi connectivity index (χ4v) is 4.25. The number of carbonyl (C=O) groups excluding carboxylic acids is 1. The molecule has 0 saturated carbocycles. The molecule has 1 aliphatic heterocycles. The molecule has 166 valence electrons. The Labute approximate surface area is 193 Å². The number of nitrogens with zero attached hydrogens (tertiary/aromatic N) is 4. The van der Waals surface area contributed by atoms with Crippen LogP contribution >= 0.6 is 0 Å². The SMILES string of the molecule is COc1ccccc1N1CCN(C(=O)c2cc(-c3ccccc3)nn2-c2ccccc2)CC1. The Morgan fingerprint density at radius 3 is 2.15 bits per heavy atom. The second-order valence-electron chi connectivity index (χ2n) is 7.98. The lowest BCUT2D eigenvalue weighted by atomic mass is 10.1. The van der Waals surface area contributed by atoms with Crippen molar-refractivity contribution in [3.05, 3.63) is 96.7 Å². The highest BCUT2D eigenvalue weighted by Gasteiger charge is 2.27. The van der Waals surface area contributed by atoms with Crippen LogP contribution in [0.3, 0.4) is 0 Å². The molecule has 1 aromatic heterocycles. The van der Waals surface area contributed by atoms with Crippen LogP contribution in [0, 0.1) is 0 Å². The van der Waals surface area contributed by atoms with Crippen LogP contribution in [-0.4, -0.2) is 53.9 Å². The third-order valence-electron chi connectivity index (χ3n) is 5.99. The quantitative estimate of drug-likeness (QED) is 0.460. The Hall–Kier alpha value is -4.06. The van der Waals surface area contributed by atoms with Crippen LogP contribution in [0.15, 0.2) is 91.0 Å².